The Hall–Kier alpha value is -5.88. The largest absolute Gasteiger partial charge is 0.423 e. The van der Waals surface area contributed by atoms with Gasteiger partial charge in [0.25, 0.3) is 0 Å². The first kappa shape index (κ1) is 26.0. The average Bonchev–Trinajstić information content (AvgIpc) is 3.37. The molecule has 7 rings (SSSR count). The molecule has 2 aromatic heterocycles. The van der Waals surface area contributed by atoms with Gasteiger partial charge < -0.3 is 9.47 Å². The summed E-state index contributed by atoms with van der Waals surface area (Å²) < 4.78 is 11.3. The van der Waals surface area contributed by atoms with Crippen LogP contribution in [-0.4, -0.2) is 21.9 Å². The van der Waals surface area contributed by atoms with E-state index in [1.807, 2.05) is 72.8 Å². The Kier molecular flexibility index (Phi) is 6.56. The van der Waals surface area contributed by atoms with E-state index in [9.17, 15) is 9.59 Å². The molecule has 206 valence electrons. The molecule has 0 aliphatic heterocycles. The summed E-state index contributed by atoms with van der Waals surface area (Å²) >= 11 is 0. The molecule has 1 aliphatic carbocycles. The molecular weight excluding hydrogens is 536 g/mol. The Morgan fingerprint density at radius 3 is 1.30 bits per heavy atom. The fraction of sp³-hybridized carbons (Fsp3) is 0.0270. The zero-order chi connectivity index (χ0) is 29.2. The number of carbonyl (C=O) groups excluding carboxylic acids is 2. The fourth-order valence-electron chi connectivity index (χ4n) is 5.87. The SMILES string of the molecule is O=C(Oc1ccc(C2(c3ccc(OC(=O)c4cccnc4)cc3)c3ccccc3-c3ccccc32)cc1)c1cccnc1. The van der Waals surface area contributed by atoms with Crippen molar-refractivity contribution in [1.82, 2.24) is 9.97 Å². The monoisotopic (exact) mass is 560 g/mol. The van der Waals surface area contributed by atoms with Crippen molar-refractivity contribution in [2.45, 2.75) is 5.41 Å². The first-order chi connectivity index (χ1) is 21.1. The van der Waals surface area contributed by atoms with Crippen LogP contribution in [0.2, 0.25) is 0 Å². The predicted octanol–water partition coefficient (Wildman–Crippen LogP) is 7.28. The Labute approximate surface area is 248 Å². The highest BCUT2D eigenvalue weighted by molar-refractivity contribution is 5.91. The van der Waals surface area contributed by atoms with Crippen LogP contribution < -0.4 is 9.47 Å². The van der Waals surface area contributed by atoms with Gasteiger partial charge >= 0.3 is 11.9 Å². The molecule has 0 saturated carbocycles. The van der Waals surface area contributed by atoms with E-state index in [-0.39, 0.29) is 0 Å². The number of benzene rings is 4. The van der Waals surface area contributed by atoms with E-state index in [0.29, 0.717) is 22.6 Å². The van der Waals surface area contributed by atoms with Gasteiger partial charge in [-0.1, -0.05) is 72.8 Å². The van der Waals surface area contributed by atoms with Crippen LogP contribution in [0.1, 0.15) is 43.0 Å². The molecule has 0 bridgehead atoms. The third kappa shape index (κ3) is 4.55. The van der Waals surface area contributed by atoms with Crippen LogP contribution in [0.4, 0.5) is 0 Å². The van der Waals surface area contributed by atoms with Gasteiger partial charge in [-0.05, 0) is 81.9 Å². The van der Waals surface area contributed by atoms with Crippen molar-refractivity contribution in [2.24, 2.45) is 0 Å². The average molecular weight is 561 g/mol. The van der Waals surface area contributed by atoms with E-state index in [0.717, 1.165) is 33.4 Å². The third-order valence-corrected chi connectivity index (χ3v) is 7.74. The van der Waals surface area contributed by atoms with Gasteiger partial charge in [0, 0.05) is 24.8 Å². The Bertz CT molecular complexity index is 1790. The van der Waals surface area contributed by atoms with Crippen LogP contribution in [0.3, 0.4) is 0 Å². The Morgan fingerprint density at radius 1 is 0.488 bits per heavy atom. The second-order valence-electron chi connectivity index (χ2n) is 10.2. The quantitative estimate of drug-likeness (QED) is 0.157. The second-order valence-corrected chi connectivity index (χ2v) is 10.2. The van der Waals surface area contributed by atoms with Crippen LogP contribution in [0.25, 0.3) is 11.1 Å². The highest BCUT2D eigenvalue weighted by Gasteiger charge is 2.45. The van der Waals surface area contributed by atoms with Gasteiger partial charge in [0.2, 0.25) is 0 Å². The number of pyridine rings is 2. The molecule has 0 fully saturated rings. The number of esters is 2. The summed E-state index contributed by atoms with van der Waals surface area (Å²) in [6, 6.07) is 38.8. The van der Waals surface area contributed by atoms with Crippen LogP contribution in [-0.2, 0) is 5.41 Å². The lowest BCUT2D eigenvalue weighted by Gasteiger charge is -2.34. The van der Waals surface area contributed by atoms with Crippen molar-refractivity contribution in [3.05, 3.63) is 179 Å². The second kappa shape index (κ2) is 10.8. The molecule has 0 radical (unpaired) electrons. The molecule has 0 amide bonds. The van der Waals surface area contributed by atoms with E-state index in [1.165, 1.54) is 12.4 Å². The molecule has 6 heteroatoms. The maximum Gasteiger partial charge on any atom is 0.345 e. The van der Waals surface area contributed by atoms with Crippen LogP contribution in [0.5, 0.6) is 11.5 Å². The van der Waals surface area contributed by atoms with Crippen molar-refractivity contribution in [1.29, 1.82) is 0 Å². The Morgan fingerprint density at radius 2 is 0.907 bits per heavy atom. The van der Waals surface area contributed by atoms with Gasteiger partial charge in [-0.3, -0.25) is 9.97 Å². The van der Waals surface area contributed by atoms with Crippen LogP contribution >= 0.6 is 0 Å². The number of rotatable bonds is 6. The van der Waals surface area contributed by atoms with Crippen molar-refractivity contribution < 1.29 is 19.1 Å². The molecule has 4 aromatic carbocycles. The van der Waals surface area contributed by atoms with Gasteiger partial charge in [0.1, 0.15) is 11.5 Å². The summed E-state index contributed by atoms with van der Waals surface area (Å²) in [4.78, 5) is 33.3. The van der Waals surface area contributed by atoms with Gasteiger partial charge in [0.05, 0.1) is 16.5 Å². The molecule has 0 N–H and O–H groups in total. The fourth-order valence-corrected chi connectivity index (χ4v) is 5.87. The molecule has 43 heavy (non-hydrogen) atoms. The highest BCUT2D eigenvalue weighted by Crippen LogP contribution is 2.56. The summed E-state index contributed by atoms with van der Waals surface area (Å²) in [5.74, 6) is -0.0675. The minimum absolute atomic E-state index is 0.381. The summed E-state index contributed by atoms with van der Waals surface area (Å²) in [7, 11) is 0. The number of hydrogen-bond acceptors (Lipinski definition) is 6. The molecule has 6 nitrogen and oxygen atoms in total. The lowest BCUT2D eigenvalue weighted by atomic mass is 9.68. The smallest absolute Gasteiger partial charge is 0.345 e. The van der Waals surface area contributed by atoms with E-state index in [4.69, 9.17) is 9.47 Å². The van der Waals surface area contributed by atoms with Gasteiger partial charge in [-0.25, -0.2) is 9.59 Å². The number of ether oxygens (including phenoxy) is 2. The minimum Gasteiger partial charge on any atom is -0.423 e. The molecule has 0 unspecified atom stereocenters. The normalized spacial score (nSPS) is 12.6. The Balaban J connectivity index is 1.30. The molecule has 2 heterocycles. The first-order valence-corrected chi connectivity index (χ1v) is 13.8. The number of hydrogen-bond donors (Lipinski definition) is 0. The maximum absolute atomic E-state index is 12.7. The van der Waals surface area contributed by atoms with Crippen molar-refractivity contribution in [3.63, 3.8) is 0 Å². The number of fused-ring (bicyclic) bond motifs is 3. The van der Waals surface area contributed by atoms with E-state index >= 15 is 0 Å². The number of carbonyl (C=O) groups is 2. The van der Waals surface area contributed by atoms with E-state index < -0.39 is 17.4 Å². The lowest BCUT2D eigenvalue weighted by Crippen LogP contribution is -2.28. The molecular formula is C37H24N2O4. The van der Waals surface area contributed by atoms with E-state index in [1.54, 1.807) is 36.7 Å². The first-order valence-electron chi connectivity index (χ1n) is 13.8. The predicted molar refractivity (Wildman–Crippen MR) is 162 cm³/mol. The van der Waals surface area contributed by atoms with Crippen molar-refractivity contribution >= 4 is 11.9 Å². The molecule has 6 aromatic rings. The number of aromatic nitrogens is 2. The molecule has 0 saturated heterocycles. The third-order valence-electron chi connectivity index (χ3n) is 7.74. The summed E-state index contributed by atoms with van der Waals surface area (Å²) in [6.07, 6.45) is 6.19. The minimum atomic E-state index is -0.662. The van der Waals surface area contributed by atoms with E-state index in [2.05, 4.69) is 34.2 Å². The van der Waals surface area contributed by atoms with Crippen LogP contribution in [0.15, 0.2) is 146 Å². The zero-order valence-electron chi connectivity index (χ0n) is 22.9. The number of nitrogens with zero attached hydrogens (tertiary/aromatic N) is 2. The maximum atomic E-state index is 12.7. The molecule has 0 atom stereocenters. The summed E-state index contributed by atoms with van der Waals surface area (Å²) in [5.41, 5.74) is 6.68. The van der Waals surface area contributed by atoms with Gasteiger partial charge in [-0.2, -0.15) is 0 Å². The van der Waals surface area contributed by atoms with Gasteiger partial charge in [-0.15, -0.1) is 0 Å². The molecule has 0 spiro atoms. The van der Waals surface area contributed by atoms with Crippen molar-refractivity contribution in [2.75, 3.05) is 0 Å². The lowest BCUT2D eigenvalue weighted by molar-refractivity contribution is 0.0724. The van der Waals surface area contributed by atoms with Crippen LogP contribution in [0, 0.1) is 0 Å². The summed E-state index contributed by atoms with van der Waals surface area (Å²) in [6.45, 7) is 0. The highest BCUT2D eigenvalue weighted by atomic mass is 16.5. The van der Waals surface area contributed by atoms with Gasteiger partial charge in [0.15, 0.2) is 0 Å². The molecule has 1 aliphatic rings. The van der Waals surface area contributed by atoms with Crippen molar-refractivity contribution in [3.8, 4) is 22.6 Å². The standard InChI is InChI=1S/C37H24N2O4/c40-35(25-7-5-21-38-23-25)42-29-17-13-27(14-18-29)37(33-11-3-1-9-31(33)32-10-2-4-12-34(32)37)28-15-19-30(20-16-28)43-36(41)26-8-6-22-39-24-26/h1-24H. The topological polar surface area (TPSA) is 78.4 Å². The zero-order valence-corrected chi connectivity index (χ0v) is 22.9. The summed E-state index contributed by atoms with van der Waals surface area (Å²) in [5, 5.41) is 0.